The summed E-state index contributed by atoms with van der Waals surface area (Å²) in [6.07, 6.45) is 3.81. The summed E-state index contributed by atoms with van der Waals surface area (Å²) < 4.78 is 5.69. The van der Waals surface area contributed by atoms with Crippen molar-refractivity contribution in [3.8, 4) is 5.88 Å². The lowest BCUT2D eigenvalue weighted by atomic mass is 10.1. The Morgan fingerprint density at radius 2 is 2.36 bits per heavy atom. The molecule has 1 aliphatic heterocycles. The van der Waals surface area contributed by atoms with Crippen molar-refractivity contribution in [3.05, 3.63) is 23.9 Å². The van der Waals surface area contributed by atoms with Crippen LogP contribution in [-0.4, -0.2) is 60.5 Å². The topological polar surface area (TPSA) is 45.7 Å². The number of amides is 1. The maximum Gasteiger partial charge on any atom is 0.253 e. The summed E-state index contributed by atoms with van der Waals surface area (Å²) in [4.78, 5) is 20.9. The fourth-order valence-corrected chi connectivity index (χ4v) is 2.76. The van der Waals surface area contributed by atoms with Crippen molar-refractivity contribution in [3.63, 3.8) is 0 Å². The van der Waals surface area contributed by atoms with Gasteiger partial charge in [-0.2, -0.15) is 0 Å². The molecule has 0 bridgehead atoms. The Hall–Kier alpha value is -1.62. The number of pyridine rings is 1. The third-order valence-corrected chi connectivity index (χ3v) is 4.25. The van der Waals surface area contributed by atoms with Gasteiger partial charge in [0.15, 0.2) is 0 Å². The van der Waals surface area contributed by atoms with Crippen molar-refractivity contribution in [2.24, 2.45) is 5.92 Å². The van der Waals surface area contributed by atoms with Gasteiger partial charge in [0.1, 0.15) is 0 Å². The number of ether oxygens (including phenoxy) is 1. The summed E-state index contributed by atoms with van der Waals surface area (Å²) in [5.41, 5.74) is 0.641. The van der Waals surface area contributed by atoms with E-state index in [9.17, 15) is 4.79 Å². The number of rotatable bonds is 6. The average molecular weight is 305 g/mol. The van der Waals surface area contributed by atoms with E-state index in [1.165, 1.54) is 0 Å². The maximum atomic E-state index is 12.6. The van der Waals surface area contributed by atoms with Gasteiger partial charge in [-0.25, -0.2) is 4.98 Å². The molecular formula is C17H27N3O2. The molecule has 0 saturated carbocycles. The van der Waals surface area contributed by atoms with Crippen molar-refractivity contribution < 1.29 is 9.53 Å². The van der Waals surface area contributed by atoms with E-state index >= 15 is 0 Å². The summed E-state index contributed by atoms with van der Waals surface area (Å²) in [6.45, 7) is 7.04. The molecule has 1 amide bonds. The molecule has 1 fully saturated rings. The zero-order valence-corrected chi connectivity index (χ0v) is 14.1. The van der Waals surface area contributed by atoms with Crippen LogP contribution in [0.3, 0.4) is 0 Å². The lowest BCUT2D eigenvalue weighted by Gasteiger charge is -2.21. The monoisotopic (exact) mass is 305 g/mol. The summed E-state index contributed by atoms with van der Waals surface area (Å²) >= 11 is 0. The normalized spacial score (nSPS) is 19.9. The molecule has 1 aromatic heterocycles. The van der Waals surface area contributed by atoms with Crippen LogP contribution in [0, 0.1) is 5.92 Å². The minimum absolute atomic E-state index is 0.0333. The second-order valence-corrected chi connectivity index (χ2v) is 6.32. The second-order valence-electron chi connectivity index (χ2n) is 6.32. The van der Waals surface area contributed by atoms with Gasteiger partial charge in [-0.1, -0.05) is 6.92 Å². The van der Waals surface area contributed by atoms with Crippen molar-refractivity contribution in [2.45, 2.75) is 32.8 Å². The van der Waals surface area contributed by atoms with Gasteiger partial charge in [0.05, 0.1) is 6.10 Å². The van der Waals surface area contributed by atoms with E-state index in [1.54, 1.807) is 18.3 Å². The number of hydrogen-bond acceptors (Lipinski definition) is 4. The Bertz CT molecular complexity index is 506. The minimum atomic E-state index is 0.0333. The Kier molecular flexibility index (Phi) is 5.77. The fourth-order valence-electron chi connectivity index (χ4n) is 2.76. The first-order valence-corrected chi connectivity index (χ1v) is 8.06. The van der Waals surface area contributed by atoms with Gasteiger partial charge >= 0.3 is 0 Å². The number of nitrogens with zero attached hydrogens (tertiary/aromatic N) is 3. The van der Waals surface area contributed by atoms with Gasteiger partial charge in [-0.15, -0.1) is 0 Å². The van der Waals surface area contributed by atoms with Crippen LogP contribution in [0.15, 0.2) is 18.3 Å². The van der Waals surface area contributed by atoms with Gasteiger partial charge in [0.2, 0.25) is 5.88 Å². The molecule has 2 heterocycles. The highest BCUT2D eigenvalue weighted by Gasteiger charge is 2.23. The summed E-state index contributed by atoms with van der Waals surface area (Å²) in [7, 11) is 4.00. The molecule has 1 saturated heterocycles. The highest BCUT2D eigenvalue weighted by molar-refractivity contribution is 5.94. The largest absolute Gasteiger partial charge is 0.475 e. The molecule has 0 spiro atoms. The highest BCUT2D eigenvalue weighted by atomic mass is 16.5. The van der Waals surface area contributed by atoms with Gasteiger partial charge in [0, 0.05) is 38.0 Å². The van der Waals surface area contributed by atoms with Crippen LogP contribution in [0.4, 0.5) is 0 Å². The predicted octanol–water partition coefficient (Wildman–Crippen LogP) is 2.28. The molecule has 2 rings (SSSR count). The van der Waals surface area contributed by atoms with E-state index in [0.717, 1.165) is 32.5 Å². The lowest BCUT2D eigenvalue weighted by molar-refractivity contribution is 0.0773. The zero-order valence-electron chi connectivity index (χ0n) is 14.1. The van der Waals surface area contributed by atoms with Crippen LogP contribution in [0.5, 0.6) is 5.88 Å². The third kappa shape index (κ3) is 4.44. The summed E-state index contributed by atoms with van der Waals surface area (Å²) in [5, 5.41) is 0. The van der Waals surface area contributed by atoms with E-state index in [-0.39, 0.29) is 12.0 Å². The minimum Gasteiger partial charge on any atom is -0.475 e. The molecule has 5 heteroatoms. The van der Waals surface area contributed by atoms with Crippen molar-refractivity contribution >= 4 is 5.91 Å². The molecule has 1 aliphatic rings. The molecule has 0 aliphatic carbocycles. The van der Waals surface area contributed by atoms with Crippen LogP contribution in [-0.2, 0) is 0 Å². The van der Waals surface area contributed by atoms with Gasteiger partial charge in [-0.05, 0) is 45.3 Å². The average Bonchev–Trinajstić information content (AvgIpc) is 2.91. The third-order valence-electron chi connectivity index (χ3n) is 4.25. The molecule has 122 valence electrons. The summed E-state index contributed by atoms with van der Waals surface area (Å²) in [5.74, 6) is 1.12. The molecule has 0 radical (unpaired) electrons. The first kappa shape index (κ1) is 16.7. The number of carbonyl (C=O) groups is 1. The Balaban J connectivity index is 1.97. The molecule has 2 atom stereocenters. The zero-order chi connectivity index (χ0) is 16.1. The van der Waals surface area contributed by atoms with Crippen LogP contribution in [0.1, 0.15) is 37.0 Å². The number of aromatic nitrogens is 1. The molecule has 5 nitrogen and oxygen atoms in total. The molecule has 1 aromatic rings. The van der Waals surface area contributed by atoms with E-state index in [2.05, 4.69) is 23.9 Å². The SMILES string of the molecule is CCC(C)Oc1cc(C(=O)N(C)CC2CCN(C)C2)ccn1. The number of likely N-dealkylation sites (tertiary alicyclic amines) is 1. The van der Waals surface area contributed by atoms with Crippen molar-refractivity contribution in [1.82, 2.24) is 14.8 Å². The highest BCUT2D eigenvalue weighted by Crippen LogP contribution is 2.18. The van der Waals surface area contributed by atoms with Gasteiger partial charge in [-0.3, -0.25) is 4.79 Å². The standard InChI is InChI=1S/C17H27N3O2/c1-5-13(2)22-16-10-15(6-8-18-16)17(21)20(4)12-14-7-9-19(3)11-14/h6,8,10,13-14H,5,7,9,11-12H2,1-4H3. The summed E-state index contributed by atoms with van der Waals surface area (Å²) in [6, 6.07) is 3.49. The van der Waals surface area contributed by atoms with E-state index in [4.69, 9.17) is 4.74 Å². The molecule has 2 unspecified atom stereocenters. The predicted molar refractivity (Wildman–Crippen MR) is 87.2 cm³/mol. The quantitative estimate of drug-likeness (QED) is 0.809. The number of carbonyl (C=O) groups excluding carboxylic acids is 1. The van der Waals surface area contributed by atoms with Crippen LogP contribution >= 0.6 is 0 Å². The smallest absolute Gasteiger partial charge is 0.253 e. The van der Waals surface area contributed by atoms with E-state index in [0.29, 0.717) is 17.4 Å². The maximum absolute atomic E-state index is 12.6. The van der Waals surface area contributed by atoms with Crippen LogP contribution < -0.4 is 4.74 Å². The molecule has 0 N–H and O–H groups in total. The Morgan fingerprint density at radius 1 is 1.59 bits per heavy atom. The van der Waals surface area contributed by atoms with Crippen molar-refractivity contribution in [1.29, 1.82) is 0 Å². The Morgan fingerprint density at radius 3 is 3.00 bits per heavy atom. The second kappa shape index (κ2) is 7.58. The lowest BCUT2D eigenvalue weighted by Crippen LogP contribution is -2.32. The van der Waals surface area contributed by atoms with Gasteiger partial charge in [0.25, 0.3) is 5.91 Å². The van der Waals surface area contributed by atoms with Gasteiger partial charge < -0.3 is 14.5 Å². The first-order chi connectivity index (χ1) is 10.5. The number of hydrogen-bond donors (Lipinski definition) is 0. The van der Waals surface area contributed by atoms with Crippen molar-refractivity contribution in [2.75, 3.05) is 33.7 Å². The molecular weight excluding hydrogens is 278 g/mol. The van der Waals surface area contributed by atoms with E-state index in [1.807, 2.05) is 18.9 Å². The Labute approximate surface area is 133 Å². The van der Waals surface area contributed by atoms with Crippen LogP contribution in [0.2, 0.25) is 0 Å². The molecule has 22 heavy (non-hydrogen) atoms. The van der Waals surface area contributed by atoms with E-state index < -0.39 is 0 Å². The fraction of sp³-hybridized carbons (Fsp3) is 0.647. The molecule has 0 aromatic carbocycles. The first-order valence-electron chi connectivity index (χ1n) is 8.06. The van der Waals surface area contributed by atoms with Crippen LogP contribution in [0.25, 0.3) is 0 Å².